The van der Waals surface area contributed by atoms with E-state index in [0.717, 1.165) is 23.3 Å². The number of hydrogen-bond acceptors (Lipinski definition) is 2. The van der Waals surface area contributed by atoms with Gasteiger partial charge < -0.3 is 10.5 Å². The predicted octanol–water partition coefficient (Wildman–Crippen LogP) is 3.29. The summed E-state index contributed by atoms with van der Waals surface area (Å²) >= 11 is 0. The molecule has 0 bridgehead atoms. The average molecular weight is 241 g/mol. The van der Waals surface area contributed by atoms with Crippen molar-refractivity contribution in [2.24, 2.45) is 5.73 Å². The van der Waals surface area contributed by atoms with Crippen LogP contribution in [0, 0.1) is 0 Å². The van der Waals surface area contributed by atoms with Crippen molar-refractivity contribution in [1.29, 1.82) is 0 Å². The maximum Gasteiger partial charge on any atom is 0.119 e. The normalized spacial score (nSPS) is 10.3. The summed E-state index contributed by atoms with van der Waals surface area (Å²) in [6, 6.07) is 16.4. The van der Waals surface area contributed by atoms with Crippen LogP contribution < -0.4 is 10.5 Å². The number of nitrogens with two attached hydrogens (primary N) is 1. The Morgan fingerprint density at radius 2 is 1.67 bits per heavy atom. The van der Waals surface area contributed by atoms with Gasteiger partial charge in [-0.25, -0.2) is 0 Å². The Morgan fingerprint density at radius 3 is 2.33 bits per heavy atom. The molecule has 0 aliphatic heterocycles. The molecule has 18 heavy (non-hydrogen) atoms. The van der Waals surface area contributed by atoms with Gasteiger partial charge in [-0.3, -0.25) is 0 Å². The van der Waals surface area contributed by atoms with Crippen molar-refractivity contribution in [2.75, 3.05) is 0 Å². The summed E-state index contributed by atoms with van der Waals surface area (Å²) in [7, 11) is 0. The van der Waals surface area contributed by atoms with Crippen LogP contribution in [0.3, 0.4) is 0 Å². The van der Waals surface area contributed by atoms with Crippen LogP contribution in [0.4, 0.5) is 0 Å². The van der Waals surface area contributed by atoms with Crippen LogP contribution in [0.15, 0.2) is 48.5 Å². The van der Waals surface area contributed by atoms with E-state index < -0.39 is 0 Å². The summed E-state index contributed by atoms with van der Waals surface area (Å²) in [6.45, 7) is 3.30. The van der Waals surface area contributed by atoms with Gasteiger partial charge in [-0.2, -0.15) is 0 Å². The van der Waals surface area contributed by atoms with Crippen molar-refractivity contribution >= 4 is 0 Å². The molecule has 0 saturated heterocycles. The standard InChI is InChI=1S/C16H19NO/c1-2-13-6-8-16(9-7-13)18-12-15-5-3-4-14(10-15)11-17/h3-10H,2,11-12,17H2,1H3. The lowest BCUT2D eigenvalue weighted by Crippen LogP contribution is -1.99. The topological polar surface area (TPSA) is 35.2 Å². The highest BCUT2D eigenvalue weighted by Crippen LogP contribution is 2.15. The molecule has 2 aromatic carbocycles. The Labute approximate surface area is 108 Å². The van der Waals surface area contributed by atoms with Gasteiger partial charge in [-0.15, -0.1) is 0 Å². The van der Waals surface area contributed by atoms with E-state index in [9.17, 15) is 0 Å². The molecule has 2 N–H and O–H groups in total. The van der Waals surface area contributed by atoms with Gasteiger partial charge in [0, 0.05) is 6.54 Å². The van der Waals surface area contributed by atoms with E-state index >= 15 is 0 Å². The van der Waals surface area contributed by atoms with E-state index in [-0.39, 0.29) is 0 Å². The molecule has 0 atom stereocenters. The lowest BCUT2D eigenvalue weighted by molar-refractivity contribution is 0.306. The molecule has 0 saturated carbocycles. The molecule has 2 nitrogen and oxygen atoms in total. The minimum absolute atomic E-state index is 0.568. The molecular weight excluding hydrogens is 222 g/mol. The van der Waals surface area contributed by atoms with Crippen LogP contribution in [0.5, 0.6) is 5.75 Å². The largest absolute Gasteiger partial charge is 0.489 e. The fourth-order valence-corrected chi connectivity index (χ4v) is 1.83. The average Bonchev–Trinajstić information content (AvgIpc) is 2.46. The second kappa shape index (κ2) is 6.22. The zero-order valence-corrected chi connectivity index (χ0v) is 10.7. The van der Waals surface area contributed by atoms with Gasteiger partial charge in [-0.05, 0) is 35.2 Å². The molecule has 94 valence electrons. The fourth-order valence-electron chi connectivity index (χ4n) is 1.83. The Bertz CT molecular complexity index is 491. The molecule has 0 radical (unpaired) electrons. The molecule has 0 heterocycles. The quantitative estimate of drug-likeness (QED) is 0.871. The highest BCUT2D eigenvalue weighted by atomic mass is 16.5. The van der Waals surface area contributed by atoms with Crippen molar-refractivity contribution in [2.45, 2.75) is 26.5 Å². The van der Waals surface area contributed by atoms with Gasteiger partial charge in [0.1, 0.15) is 12.4 Å². The molecule has 0 spiro atoms. The maximum absolute atomic E-state index is 5.75. The van der Waals surface area contributed by atoms with Gasteiger partial charge in [0.25, 0.3) is 0 Å². The first-order valence-corrected chi connectivity index (χ1v) is 6.31. The lowest BCUT2D eigenvalue weighted by atomic mass is 10.1. The molecule has 0 aliphatic rings. The second-order valence-corrected chi connectivity index (χ2v) is 4.31. The number of hydrogen-bond donors (Lipinski definition) is 1. The number of rotatable bonds is 5. The first-order chi connectivity index (χ1) is 8.81. The van der Waals surface area contributed by atoms with E-state index in [1.807, 2.05) is 24.3 Å². The van der Waals surface area contributed by atoms with Gasteiger partial charge in [0.2, 0.25) is 0 Å². The van der Waals surface area contributed by atoms with Gasteiger partial charge in [0.15, 0.2) is 0 Å². The van der Waals surface area contributed by atoms with Crippen LogP contribution in [-0.2, 0) is 19.6 Å². The van der Waals surface area contributed by atoms with Crippen LogP contribution in [-0.4, -0.2) is 0 Å². The van der Waals surface area contributed by atoms with Crippen molar-refractivity contribution < 1.29 is 4.74 Å². The van der Waals surface area contributed by atoms with Crippen molar-refractivity contribution in [3.05, 3.63) is 65.2 Å². The monoisotopic (exact) mass is 241 g/mol. The third kappa shape index (κ3) is 3.34. The summed E-state index contributed by atoms with van der Waals surface area (Å²) in [6.07, 6.45) is 1.05. The SMILES string of the molecule is CCc1ccc(OCc2cccc(CN)c2)cc1. The molecule has 2 aromatic rings. The summed E-state index contributed by atoms with van der Waals surface area (Å²) in [5, 5.41) is 0. The molecule has 0 fully saturated rings. The smallest absolute Gasteiger partial charge is 0.119 e. The minimum atomic E-state index is 0.568. The summed E-state index contributed by atoms with van der Waals surface area (Å²) < 4.78 is 5.75. The fraction of sp³-hybridized carbons (Fsp3) is 0.250. The van der Waals surface area contributed by atoms with E-state index in [0.29, 0.717) is 13.2 Å². The number of benzene rings is 2. The third-order valence-corrected chi connectivity index (χ3v) is 2.96. The zero-order valence-electron chi connectivity index (χ0n) is 10.7. The van der Waals surface area contributed by atoms with Crippen LogP contribution in [0.1, 0.15) is 23.6 Å². The molecular formula is C16H19NO. The van der Waals surface area contributed by atoms with E-state index in [1.165, 1.54) is 5.56 Å². The van der Waals surface area contributed by atoms with Crippen LogP contribution in [0.2, 0.25) is 0 Å². The summed E-state index contributed by atoms with van der Waals surface area (Å²) in [5.41, 5.74) is 9.23. The molecule has 0 aromatic heterocycles. The highest BCUT2D eigenvalue weighted by molar-refractivity contribution is 5.28. The molecule has 0 amide bonds. The Kier molecular flexibility index (Phi) is 4.37. The Balaban J connectivity index is 1.97. The second-order valence-electron chi connectivity index (χ2n) is 4.31. The first-order valence-electron chi connectivity index (χ1n) is 6.31. The summed E-state index contributed by atoms with van der Waals surface area (Å²) in [5.74, 6) is 0.908. The molecule has 2 rings (SSSR count). The van der Waals surface area contributed by atoms with E-state index in [4.69, 9.17) is 10.5 Å². The number of aryl methyl sites for hydroxylation is 1. The molecule has 2 heteroatoms. The van der Waals surface area contributed by atoms with Crippen molar-refractivity contribution in [1.82, 2.24) is 0 Å². The van der Waals surface area contributed by atoms with Gasteiger partial charge in [0.05, 0.1) is 0 Å². The lowest BCUT2D eigenvalue weighted by Gasteiger charge is -2.08. The van der Waals surface area contributed by atoms with Gasteiger partial charge in [-0.1, -0.05) is 43.3 Å². The maximum atomic E-state index is 5.75. The Morgan fingerprint density at radius 1 is 0.944 bits per heavy atom. The summed E-state index contributed by atoms with van der Waals surface area (Å²) in [4.78, 5) is 0. The third-order valence-electron chi connectivity index (χ3n) is 2.96. The molecule has 0 unspecified atom stereocenters. The predicted molar refractivity (Wildman–Crippen MR) is 74.5 cm³/mol. The van der Waals surface area contributed by atoms with Crippen LogP contribution in [0.25, 0.3) is 0 Å². The van der Waals surface area contributed by atoms with Crippen molar-refractivity contribution in [3.8, 4) is 5.75 Å². The highest BCUT2D eigenvalue weighted by Gasteiger charge is 1.97. The number of ether oxygens (including phenoxy) is 1. The molecule has 0 aliphatic carbocycles. The van der Waals surface area contributed by atoms with Crippen LogP contribution >= 0.6 is 0 Å². The first kappa shape index (κ1) is 12.7. The van der Waals surface area contributed by atoms with E-state index in [1.54, 1.807) is 0 Å². The zero-order chi connectivity index (χ0) is 12.8. The Hall–Kier alpha value is -1.80. The van der Waals surface area contributed by atoms with Gasteiger partial charge >= 0.3 is 0 Å². The minimum Gasteiger partial charge on any atom is -0.489 e. The van der Waals surface area contributed by atoms with E-state index in [2.05, 4.69) is 31.2 Å². The van der Waals surface area contributed by atoms with Crippen molar-refractivity contribution in [3.63, 3.8) is 0 Å².